The molecule has 2 aromatic heterocycles. The van der Waals surface area contributed by atoms with Crippen molar-refractivity contribution >= 4 is 27.5 Å². The van der Waals surface area contributed by atoms with Gasteiger partial charge in [-0.15, -0.1) is 11.3 Å². The first-order valence-electron chi connectivity index (χ1n) is 4.65. The number of aliphatic carboxylic acids is 1. The second-order valence-electron chi connectivity index (χ2n) is 3.51. The van der Waals surface area contributed by atoms with Crippen LogP contribution in [0.25, 0.3) is 10.2 Å². The van der Waals surface area contributed by atoms with Crippen molar-refractivity contribution in [2.75, 3.05) is 0 Å². The van der Waals surface area contributed by atoms with Gasteiger partial charge in [0.15, 0.2) is 0 Å². The Hall–Kier alpha value is -1.69. The van der Waals surface area contributed by atoms with Crippen molar-refractivity contribution in [3.05, 3.63) is 27.1 Å². The van der Waals surface area contributed by atoms with Gasteiger partial charge in [-0.05, 0) is 19.4 Å². The molecule has 0 aromatic carbocycles. The fourth-order valence-electron chi connectivity index (χ4n) is 1.52. The van der Waals surface area contributed by atoms with Crippen LogP contribution in [0.3, 0.4) is 0 Å². The number of thiophene rings is 1. The minimum absolute atomic E-state index is 0.323. The summed E-state index contributed by atoms with van der Waals surface area (Å²) in [5, 5.41) is 11.0. The molecule has 6 heteroatoms. The molecule has 0 aliphatic heterocycles. The summed E-state index contributed by atoms with van der Waals surface area (Å²) in [6.45, 7) is 3.28. The second kappa shape index (κ2) is 3.71. The summed E-state index contributed by atoms with van der Waals surface area (Å²) in [6.07, 6.45) is 1.25. The standard InChI is InChI=1S/C10H10N2O3S/c1-5-6(2)16-9-8(5)10(15)12(4-11-9)3-7(13)14/h4H,3H2,1-2H3,(H,13,14)/p-1. The first-order valence-corrected chi connectivity index (χ1v) is 5.47. The molecular weight excluding hydrogens is 228 g/mol. The van der Waals surface area contributed by atoms with E-state index in [0.717, 1.165) is 15.0 Å². The highest BCUT2D eigenvalue weighted by molar-refractivity contribution is 7.18. The molecule has 0 atom stereocenters. The summed E-state index contributed by atoms with van der Waals surface area (Å²) in [6, 6.07) is 0. The van der Waals surface area contributed by atoms with Gasteiger partial charge >= 0.3 is 0 Å². The van der Waals surface area contributed by atoms with Crippen molar-refractivity contribution in [3.8, 4) is 0 Å². The summed E-state index contributed by atoms with van der Waals surface area (Å²) >= 11 is 1.43. The van der Waals surface area contributed by atoms with E-state index in [-0.39, 0.29) is 5.56 Å². The molecule has 0 fully saturated rings. The van der Waals surface area contributed by atoms with Gasteiger partial charge in [0.25, 0.3) is 5.56 Å². The zero-order chi connectivity index (χ0) is 11.9. The number of aryl methyl sites for hydroxylation is 2. The van der Waals surface area contributed by atoms with E-state index in [1.807, 2.05) is 13.8 Å². The van der Waals surface area contributed by atoms with Gasteiger partial charge in [0.2, 0.25) is 0 Å². The van der Waals surface area contributed by atoms with Crippen LogP contribution in [0.15, 0.2) is 11.1 Å². The molecule has 0 aliphatic carbocycles. The zero-order valence-electron chi connectivity index (χ0n) is 8.81. The summed E-state index contributed by atoms with van der Waals surface area (Å²) < 4.78 is 1.05. The number of carboxylic acids is 1. The van der Waals surface area contributed by atoms with E-state index in [2.05, 4.69) is 4.98 Å². The number of aromatic nitrogens is 2. The molecular formula is C10H9N2O3S-. The van der Waals surface area contributed by atoms with Crippen molar-refractivity contribution in [2.45, 2.75) is 20.4 Å². The average Bonchev–Trinajstić information content (AvgIpc) is 2.48. The number of carboxylic acid groups (broad SMARTS) is 1. The molecule has 5 nitrogen and oxygen atoms in total. The smallest absolute Gasteiger partial charge is 0.262 e. The minimum atomic E-state index is -1.30. The number of carbonyl (C=O) groups excluding carboxylic acids is 1. The van der Waals surface area contributed by atoms with Crippen molar-refractivity contribution < 1.29 is 9.90 Å². The average molecular weight is 237 g/mol. The summed E-state index contributed by atoms with van der Waals surface area (Å²) in [5.41, 5.74) is 0.543. The molecule has 0 N–H and O–H groups in total. The lowest BCUT2D eigenvalue weighted by Gasteiger charge is -2.05. The Kier molecular flexibility index (Phi) is 2.51. The fraction of sp³-hybridized carbons (Fsp3) is 0.300. The molecule has 2 heterocycles. The van der Waals surface area contributed by atoms with E-state index in [9.17, 15) is 14.7 Å². The molecule has 0 bridgehead atoms. The molecule has 84 valence electrons. The third-order valence-corrected chi connectivity index (χ3v) is 3.57. The van der Waals surface area contributed by atoms with E-state index >= 15 is 0 Å². The van der Waals surface area contributed by atoms with Crippen LogP contribution in [0.2, 0.25) is 0 Å². The van der Waals surface area contributed by atoms with Crippen LogP contribution in [0.5, 0.6) is 0 Å². The topological polar surface area (TPSA) is 75.0 Å². The lowest BCUT2D eigenvalue weighted by Crippen LogP contribution is -2.32. The van der Waals surface area contributed by atoms with Crippen molar-refractivity contribution in [1.29, 1.82) is 0 Å². The Morgan fingerprint density at radius 1 is 1.56 bits per heavy atom. The maximum Gasteiger partial charge on any atom is 0.262 e. The van der Waals surface area contributed by atoms with Crippen LogP contribution in [-0.4, -0.2) is 15.5 Å². The Balaban J connectivity index is 2.73. The first-order chi connectivity index (χ1) is 7.50. The number of fused-ring (bicyclic) bond motifs is 1. The van der Waals surface area contributed by atoms with Crippen LogP contribution >= 0.6 is 11.3 Å². The molecule has 0 spiro atoms. The Morgan fingerprint density at radius 2 is 2.25 bits per heavy atom. The van der Waals surface area contributed by atoms with Crippen LogP contribution < -0.4 is 10.7 Å². The molecule has 16 heavy (non-hydrogen) atoms. The van der Waals surface area contributed by atoms with Gasteiger partial charge in [0.05, 0.1) is 24.2 Å². The van der Waals surface area contributed by atoms with Crippen molar-refractivity contribution in [1.82, 2.24) is 9.55 Å². The number of hydrogen-bond donors (Lipinski definition) is 0. The van der Waals surface area contributed by atoms with Gasteiger partial charge in [0.1, 0.15) is 4.83 Å². The Morgan fingerprint density at radius 3 is 2.88 bits per heavy atom. The third kappa shape index (κ3) is 1.61. The highest BCUT2D eigenvalue weighted by Gasteiger charge is 2.11. The molecule has 2 aromatic rings. The summed E-state index contributed by atoms with van der Waals surface area (Å²) in [7, 11) is 0. The predicted molar refractivity (Wildman–Crippen MR) is 58.4 cm³/mol. The van der Waals surface area contributed by atoms with Gasteiger partial charge in [0, 0.05) is 4.88 Å². The Labute approximate surface area is 95.0 Å². The quantitative estimate of drug-likeness (QED) is 0.726. The third-order valence-electron chi connectivity index (χ3n) is 2.46. The maximum absolute atomic E-state index is 11.9. The summed E-state index contributed by atoms with van der Waals surface area (Å²) in [5.74, 6) is -1.30. The fourth-order valence-corrected chi connectivity index (χ4v) is 2.51. The molecule has 0 unspecified atom stereocenters. The molecule has 0 aliphatic rings. The lowest BCUT2D eigenvalue weighted by atomic mass is 10.2. The van der Waals surface area contributed by atoms with E-state index in [0.29, 0.717) is 10.2 Å². The van der Waals surface area contributed by atoms with Gasteiger partial charge in [-0.2, -0.15) is 0 Å². The van der Waals surface area contributed by atoms with Gasteiger partial charge in [-0.3, -0.25) is 9.36 Å². The number of hydrogen-bond acceptors (Lipinski definition) is 5. The molecule has 0 amide bonds. The van der Waals surface area contributed by atoms with Crippen LogP contribution in [0, 0.1) is 13.8 Å². The maximum atomic E-state index is 11.9. The minimum Gasteiger partial charge on any atom is -0.548 e. The highest BCUT2D eigenvalue weighted by atomic mass is 32.1. The van der Waals surface area contributed by atoms with Crippen molar-refractivity contribution in [3.63, 3.8) is 0 Å². The van der Waals surface area contributed by atoms with Gasteiger partial charge in [-0.1, -0.05) is 0 Å². The Bertz CT molecular complexity index is 627. The lowest BCUT2D eigenvalue weighted by molar-refractivity contribution is -0.306. The predicted octanol–water partition coefficient (Wildman–Crippen LogP) is -0.175. The highest BCUT2D eigenvalue weighted by Crippen LogP contribution is 2.25. The van der Waals surface area contributed by atoms with Crippen LogP contribution in [0.1, 0.15) is 10.4 Å². The van der Waals surface area contributed by atoms with Gasteiger partial charge in [-0.25, -0.2) is 4.98 Å². The van der Waals surface area contributed by atoms with Crippen LogP contribution in [0.4, 0.5) is 0 Å². The number of rotatable bonds is 2. The number of nitrogens with zero attached hydrogens (tertiary/aromatic N) is 2. The molecule has 2 rings (SSSR count). The monoisotopic (exact) mass is 237 g/mol. The molecule has 0 radical (unpaired) electrons. The first kappa shape index (κ1) is 10.8. The molecule has 0 saturated heterocycles. The van der Waals surface area contributed by atoms with Crippen LogP contribution in [-0.2, 0) is 11.3 Å². The van der Waals surface area contributed by atoms with E-state index < -0.39 is 12.5 Å². The van der Waals surface area contributed by atoms with Gasteiger partial charge < -0.3 is 9.90 Å². The summed E-state index contributed by atoms with van der Waals surface area (Å²) in [4.78, 5) is 28.1. The van der Waals surface area contributed by atoms with Crippen molar-refractivity contribution in [2.24, 2.45) is 0 Å². The SMILES string of the molecule is Cc1sc2ncn(CC(=O)[O-])c(=O)c2c1C. The normalized spacial score (nSPS) is 10.9. The zero-order valence-corrected chi connectivity index (χ0v) is 9.63. The second-order valence-corrected chi connectivity index (χ2v) is 4.72. The largest absolute Gasteiger partial charge is 0.548 e. The number of carbonyl (C=O) groups is 1. The van der Waals surface area contributed by atoms with E-state index in [1.165, 1.54) is 17.7 Å². The van der Waals surface area contributed by atoms with E-state index in [4.69, 9.17) is 0 Å². The molecule has 0 saturated carbocycles. The van der Waals surface area contributed by atoms with E-state index in [1.54, 1.807) is 0 Å².